The van der Waals surface area contributed by atoms with Crippen LogP contribution in [0.2, 0.25) is 0 Å². The molecule has 0 spiro atoms. The lowest BCUT2D eigenvalue weighted by atomic mass is 10.0. The Hall–Kier alpha value is -2.28. The van der Waals surface area contributed by atoms with Crippen LogP contribution in [0.4, 0.5) is 0 Å². The monoisotopic (exact) mass is 233 g/mol. The summed E-state index contributed by atoms with van der Waals surface area (Å²) >= 11 is 0. The highest BCUT2D eigenvalue weighted by molar-refractivity contribution is 5.44. The second-order valence-electron chi connectivity index (χ2n) is 4.38. The summed E-state index contributed by atoms with van der Waals surface area (Å²) in [7, 11) is 0. The van der Waals surface area contributed by atoms with Crippen LogP contribution in [0.15, 0.2) is 79.1 Å². The van der Waals surface area contributed by atoms with Crippen molar-refractivity contribution in [1.82, 2.24) is 4.57 Å². The number of hydrogen-bond donors (Lipinski definition) is 0. The minimum atomic E-state index is 0.967. The third kappa shape index (κ3) is 2.21. The zero-order valence-corrected chi connectivity index (χ0v) is 10.2. The normalized spacial score (nSPS) is 10.4. The molecule has 3 aromatic rings. The molecule has 0 unspecified atom stereocenters. The molecule has 0 saturated heterocycles. The standard InChI is InChI=1S/C17H15N/c1-2-8-15(9-3-1)14-16-10-4-5-11-17(16)18-12-6-7-13-18/h1-13H,14H2. The summed E-state index contributed by atoms with van der Waals surface area (Å²) in [6.07, 6.45) is 5.14. The molecule has 0 N–H and O–H groups in total. The van der Waals surface area contributed by atoms with Gasteiger partial charge in [-0.05, 0) is 35.7 Å². The maximum absolute atomic E-state index is 2.20. The fourth-order valence-corrected chi connectivity index (χ4v) is 2.22. The Labute approximate surface area is 107 Å². The van der Waals surface area contributed by atoms with Gasteiger partial charge in [0.1, 0.15) is 0 Å². The second kappa shape index (κ2) is 4.92. The largest absolute Gasteiger partial charge is 0.324 e. The maximum atomic E-state index is 2.20. The highest BCUT2D eigenvalue weighted by atomic mass is 14.9. The topological polar surface area (TPSA) is 4.93 Å². The van der Waals surface area contributed by atoms with Crippen LogP contribution >= 0.6 is 0 Å². The first-order valence-electron chi connectivity index (χ1n) is 6.19. The van der Waals surface area contributed by atoms with E-state index in [2.05, 4.69) is 83.7 Å². The van der Waals surface area contributed by atoms with Crippen molar-refractivity contribution >= 4 is 0 Å². The maximum Gasteiger partial charge on any atom is 0.0484 e. The van der Waals surface area contributed by atoms with E-state index >= 15 is 0 Å². The number of para-hydroxylation sites is 1. The van der Waals surface area contributed by atoms with Gasteiger partial charge in [0.25, 0.3) is 0 Å². The van der Waals surface area contributed by atoms with Gasteiger partial charge in [0.2, 0.25) is 0 Å². The van der Waals surface area contributed by atoms with Crippen molar-refractivity contribution in [3.63, 3.8) is 0 Å². The number of aromatic nitrogens is 1. The van der Waals surface area contributed by atoms with E-state index < -0.39 is 0 Å². The van der Waals surface area contributed by atoms with E-state index in [0.29, 0.717) is 0 Å². The Bertz CT molecular complexity index is 609. The third-order valence-electron chi connectivity index (χ3n) is 3.11. The smallest absolute Gasteiger partial charge is 0.0484 e. The summed E-state index contributed by atoms with van der Waals surface area (Å²) in [4.78, 5) is 0. The van der Waals surface area contributed by atoms with Gasteiger partial charge in [-0.1, -0.05) is 48.5 Å². The lowest BCUT2D eigenvalue weighted by molar-refractivity contribution is 1.03. The van der Waals surface area contributed by atoms with Crippen LogP contribution in [0.25, 0.3) is 5.69 Å². The molecule has 18 heavy (non-hydrogen) atoms. The van der Waals surface area contributed by atoms with Gasteiger partial charge in [0.15, 0.2) is 0 Å². The minimum absolute atomic E-state index is 0.967. The van der Waals surface area contributed by atoms with Crippen molar-refractivity contribution in [2.45, 2.75) is 6.42 Å². The molecule has 2 aromatic carbocycles. The molecule has 0 atom stereocenters. The Balaban J connectivity index is 1.98. The summed E-state index contributed by atoms with van der Waals surface area (Å²) in [5.74, 6) is 0. The molecule has 0 amide bonds. The predicted molar refractivity (Wildman–Crippen MR) is 75.0 cm³/mol. The van der Waals surface area contributed by atoms with Crippen molar-refractivity contribution in [2.75, 3.05) is 0 Å². The van der Waals surface area contributed by atoms with E-state index in [1.165, 1.54) is 16.8 Å². The number of benzene rings is 2. The first kappa shape index (κ1) is 10.8. The van der Waals surface area contributed by atoms with Gasteiger partial charge < -0.3 is 4.57 Å². The zero-order valence-electron chi connectivity index (χ0n) is 10.2. The number of rotatable bonds is 3. The summed E-state index contributed by atoms with van der Waals surface area (Å²) < 4.78 is 2.16. The quantitative estimate of drug-likeness (QED) is 0.642. The van der Waals surface area contributed by atoms with Crippen LogP contribution in [0, 0.1) is 0 Å². The molecule has 0 fully saturated rings. The van der Waals surface area contributed by atoms with Gasteiger partial charge in [-0.3, -0.25) is 0 Å². The van der Waals surface area contributed by atoms with Crippen LogP contribution in [0.1, 0.15) is 11.1 Å². The first-order valence-corrected chi connectivity index (χ1v) is 6.19. The lowest BCUT2D eigenvalue weighted by Crippen LogP contribution is -1.97. The van der Waals surface area contributed by atoms with Gasteiger partial charge in [-0.2, -0.15) is 0 Å². The van der Waals surface area contributed by atoms with Crippen molar-refractivity contribution < 1.29 is 0 Å². The van der Waals surface area contributed by atoms with Gasteiger partial charge >= 0.3 is 0 Å². The molecule has 1 heterocycles. The summed E-state index contributed by atoms with van der Waals surface area (Å²) in [6, 6.07) is 23.2. The molecule has 88 valence electrons. The summed E-state index contributed by atoms with van der Waals surface area (Å²) in [5.41, 5.74) is 3.95. The first-order chi connectivity index (χ1) is 8.93. The van der Waals surface area contributed by atoms with Gasteiger partial charge in [-0.25, -0.2) is 0 Å². The van der Waals surface area contributed by atoms with Gasteiger partial charge in [0, 0.05) is 18.1 Å². The van der Waals surface area contributed by atoms with Gasteiger partial charge in [0.05, 0.1) is 0 Å². The fraction of sp³-hybridized carbons (Fsp3) is 0.0588. The second-order valence-corrected chi connectivity index (χ2v) is 4.38. The molecule has 0 radical (unpaired) electrons. The van der Waals surface area contributed by atoms with Crippen molar-refractivity contribution in [3.05, 3.63) is 90.3 Å². The molecule has 0 aliphatic carbocycles. The molecule has 1 heteroatoms. The number of nitrogens with zero attached hydrogens (tertiary/aromatic N) is 1. The van der Waals surface area contributed by atoms with Crippen LogP contribution in [-0.4, -0.2) is 4.57 Å². The zero-order chi connectivity index (χ0) is 12.2. The Kier molecular flexibility index (Phi) is 2.97. The molecule has 0 aliphatic heterocycles. The molecule has 0 saturated carbocycles. The van der Waals surface area contributed by atoms with E-state index in [4.69, 9.17) is 0 Å². The van der Waals surface area contributed by atoms with E-state index in [-0.39, 0.29) is 0 Å². The number of hydrogen-bond acceptors (Lipinski definition) is 0. The minimum Gasteiger partial charge on any atom is -0.324 e. The highest BCUT2D eigenvalue weighted by Gasteiger charge is 2.03. The van der Waals surface area contributed by atoms with E-state index in [9.17, 15) is 0 Å². The lowest BCUT2D eigenvalue weighted by Gasteiger charge is -2.10. The van der Waals surface area contributed by atoms with E-state index in [1.807, 2.05) is 0 Å². The Morgan fingerprint density at radius 1 is 0.667 bits per heavy atom. The molecule has 0 bridgehead atoms. The summed E-state index contributed by atoms with van der Waals surface area (Å²) in [6.45, 7) is 0. The molecule has 0 aliphatic rings. The Morgan fingerprint density at radius 3 is 2.11 bits per heavy atom. The molecular formula is C17H15N. The van der Waals surface area contributed by atoms with Crippen LogP contribution in [0.5, 0.6) is 0 Å². The Morgan fingerprint density at radius 2 is 1.33 bits per heavy atom. The van der Waals surface area contributed by atoms with Gasteiger partial charge in [-0.15, -0.1) is 0 Å². The predicted octanol–water partition coefficient (Wildman–Crippen LogP) is 4.07. The molecule has 1 nitrogen and oxygen atoms in total. The average Bonchev–Trinajstić information content (AvgIpc) is 2.94. The third-order valence-corrected chi connectivity index (χ3v) is 3.11. The highest BCUT2D eigenvalue weighted by Crippen LogP contribution is 2.18. The molecule has 3 rings (SSSR count). The molecular weight excluding hydrogens is 218 g/mol. The van der Waals surface area contributed by atoms with Crippen molar-refractivity contribution in [3.8, 4) is 5.69 Å². The van der Waals surface area contributed by atoms with Crippen molar-refractivity contribution in [1.29, 1.82) is 0 Å². The van der Waals surface area contributed by atoms with Crippen LogP contribution in [-0.2, 0) is 6.42 Å². The fourth-order valence-electron chi connectivity index (χ4n) is 2.22. The summed E-state index contributed by atoms with van der Waals surface area (Å²) in [5, 5.41) is 0. The SMILES string of the molecule is c1ccc(Cc2ccccc2-n2cccc2)cc1. The van der Waals surface area contributed by atoms with Crippen molar-refractivity contribution in [2.24, 2.45) is 0 Å². The van der Waals surface area contributed by atoms with Crippen LogP contribution in [0.3, 0.4) is 0 Å². The van der Waals surface area contributed by atoms with Crippen LogP contribution < -0.4 is 0 Å². The van der Waals surface area contributed by atoms with E-state index in [0.717, 1.165) is 6.42 Å². The molecule has 1 aromatic heterocycles. The van der Waals surface area contributed by atoms with E-state index in [1.54, 1.807) is 0 Å². The average molecular weight is 233 g/mol.